The average molecular weight is 520 g/mol. The predicted octanol–water partition coefficient (Wildman–Crippen LogP) is 4.26. The van der Waals surface area contributed by atoms with Crippen molar-refractivity contribution in [3.05, 3.63) is 88.7 Å². The van der Waals surface area contributed by atoms with Gasteiger partial charge < -0.3 is 19.3 Å². The van der Waals surface area contributed by atoms with E-state index in [9.17, 15) is 27.9 Å². The summed E-state index contributed by atoms with van der Waals surface area (Å²) in [5.74, 6) is -5.02. The Hall–Kier alpha value is -3.63. The van der Waals surface area contributed by atoms with E-state index in [1.165, 1.54) is 24.4 Å². The number of fused-ring (bicyclic) bond motifs is 3. The quantitative estimate of drug-likeness (QED) is 0.406. The van der Waals surface area contributed by atoms with E-state index in [-0.39, 0.29) is 22.0 Å². The van der Waals surface area contributed by atoms with Gasteiger partial charge in [-0.15, -0.1) is 13.2 Å². The number of benzene rings is 2. The molecule has 36 heavy (non-hydrogen) atoms. The summed E-state index contributed by atoms with van der Waals surface area (Å²) in [6, 6.07) is 14.3. The molecule has 0 amide bonds. The number of aromatic nitrogens is 1. The van der Waals surface area contributed by atoms with Gasteiger partial charge in [0.15, 0.2) is 11.4 Å². The van der Waals surface area contributed by atoms with E-state index in [4.69, 9.17) is 21.1 Å². The van der Waals surface area contributed by atoms with E-state index in [1.54, 1.807) is 30.3 Å². The molecule has 0 bridgehead atoms. The van der Waals surface area contributed by atoms with Crippen LogP contribution in [0.15, 0.2) is 66.9 Å². The largest absolute Gasteiger partial charge is 0.573 e. The lowest BCUT2D eigenvalue weighted by molar-refractivity contribution is -0.274. The van der Waals surface area contributed by atoms with Crippen LogP contribution in [0.3, 0.4) is 0 Å². The minimum absolute atomic E-state index is 0.00165. The number of halogens is 4. The van der Waals surface area contributed by atoms with Gasteiger partial charge in [0, 0.05) is 17.8 Å². The Bertz CT molecular complexity index is 1350. The second kappa shape index (κ2) is 8.21. The monoisotopic (exact) mass is 519 g/mol. The summed E-state index contributed by atoms with van der Waals surface area (Å²) >= 11 is 6.08. The molecular formula is C25H17ClF3NO6. The Kier molecular flexibility index (Phi) is 5.49. The van der Waals surface area contributed by atoms with Crippen LogP contribution in [0.25, 0.3) is 0 Å². The van der Waals surface area contributed by atoms with E-state index < -0.39 is 46.9 Å². The fraction of sp³-hybridized carbons (Fsp3) is 0.240. The van der Waals surface area contributed by atoms with Crippen LogP contribution in [0.4, 0.5) is 13.2 Å². The molecule has 1 aliphatic carbocycles. The molecule has 3 aromatic rings. The van der Waals surface area contributed by atoms with Crippen molar-refractivity contribution in [3.63, 3.8) is 0 Å². The zero-order chi connectivity index (χ0) is 25.9. The van der Waals surface area contributed by atoms with Gasteiger partial charge in [-0.25, -0.2) is 0 Å². The minimum atomic E-state index is -4.92. The van der Waals surface area contributed by atoms with Crippen molar-refractivity contribution in [1.82, 2.24) is 4.98 Å². The molecule has 11 heteroatoms. The van der Waals surface area contributed by atoms with Crippen LogP contribution in [-0.2, 0) is 25.5 Å². The lowest BCUT2D eigenvalue weighted by Crippen LogP contribution is -2.51. The molecule has 1 aliphatic heterocycles. The molecule has 2 heterocycles. The molecule has 2 aromatic carbocycles. The number of nitrogens with zero attached hydrogens (tertiary/aromatic N) is 1. The van der Waals surface area contributed by atoms with Gasteiger partial charge in [0.05, 0.1) is 18.1 Å². The van der Waals surface area contributed by atoms with Gasteiger partial charge in [-0.2, -0.15) is 0 Å². The van der Waals surface area contributed by atoms with Crippen LogP contribution >= 0.6 is 11.6 Å². The summed E-state index contributed by atoms with van der Waals surface area (Å²) in [7, 11) is 1.11. The van der Waals surface area contributed by atoms with Gasteiger partial charge in [0.1, 0.15) is 23.1 Å². The number of hydrogen-bond donors (Lipinski definition) is 1. The summed E-state index contributed by atoms with van der Waals surface area (Å²) < 4.78 is 53.4. The molecule has 1 N–H and O–H groups in total. The van der Waals surface area contributed by atoms with Gasteiger partial charge in [0.2, 0.25) is 5.60 Å². The molecule has 1 saturated carbocycles. The van der Waals surface area contributed by atoms with Crippen molar-refractivity contribution in [3.8, 4) is 11.5 Å². The highest BCUT2D eigenvalue weighted by Gasteiger charge is 2.78. The average Bonchev–Trinajstić information content (AvgIpc) is 3.21. The molecule has 1 fully saturated rings. The molecular weight excluding hydrogens is 503 g/mol. The lowest BCUT2D eigenvalue weighted by atomic mass is 9.71. The van der Waals surface area contributed by atoms with Crippen molar-refractivity contribution in [2.45, 2.75) is 23.5 Å². The molecule has 2 aliphatic rings. The smallest absolute Gasteiger partial charge is 0.476 e. The van der Waals surface area contributed by atoms with E-state index in [2.05, 4.69) is 9.72 Å². The van der Waals surface area contributed by atoms with Crippen LogP contribution in [-0.4, -0.2) is 35.3 Å². The van der Waals surface area contributed by atoms with Crippen molar-refractivity contribution >= 4 is 23.4 Å². The number of aliphatic hydroxyl groups is 1. The summed E-state index contributed by atoms with van der Waals surface area (Å²) in [5.41, 5.74) is -4.10. The molecule has 4 atom stereocenters. The number of ether oxygens (including phenoxy) is 3. The van der Waals surface area contributed by atoms with Gasteiger partial charge in [-0.3, -0.25) is 14.6 Å². The number of hydrogen-bond acceptors (Lipinski definition) is 7. The highest BCUT2D eigenvalue weighted by Crippen LogP contribution is 2.66. The topological polar surface area (TPSA) is 95.0 Å². The highest BCUT2D eigenvalue weighted by atomic mass is 35.5. The number of methoxy groups -OCH3 is 1. The molecule has 7 nitrogen and oxygen atoms in total. The summed E-state index contributed by atoms with van der Waals surface area (Å²) in [5, 5.41) is 12.3. The Balaban J connectivity index is 1.79. The van der Waals surface area contributed by atoms with Crippen molar-refractivity contribution in [1.29, 1.82) is 0 Å². The van der Waals surface area contributed by atoms with E-state index in [0.29, 0.717) is 5.56 Å². The molecule has 0 radical (unpaired) electrons. The van der Waals surface area contributed by atoms with E-state index in [0.717, 1.165) is 19.2 Å². The Labute approximate surface area is 207 Å². The zero-order valence-electron chi connectivity index (χ0n) is 18.5. The second-order valence-electron chi connectivity index (χ2n) is 8.37. The maximum atomic E-state index is 13.9. The van der Waals surface area contributed by atoms with Crippen molar-refractivity contribution < 1.29 is 42.1 Å². The normalized spacial score (nSPS) is 26.7. The number of esters is 1. The fourth-order valence-electron chi connectivity index (χ4n) is 5.20. The maximum absolute atomic E-state index is 13.9. The molecule has 186 valence electrons. The van der Waals surface area contributed by atoms with Crippen molar-refractivity contribution in [2.75, 3.05) is 7.11 Å². The first kappa shape index (κ1) is 24.1. The summed E-state index contributed by atoms with van der Waals surface area (Å²) in [6.45, 7) is 0. The number of Topliss-reactive ketones (excluding diaryl/α,β-unsaturated/α-hetero) is 1. The van der Waals surface area contributed by atoms with E-state index in [1.807, 2.05) is 0 Å². The first-order valence-electron chi connectivity index (χ1n) is 10.6. The molecule has 5 rings (SSSR count). The fourth-order valence-corrected chi connectivity index (χ4v) is 5.35. The van der Waals surface area contributed by atoms with Crippen LogP contribution in [0.1, 0.15) is 22.7 Å². The molecule has 0 spiro atoms. The predicted molar refractivity (Wildman–Crippen MR) is 118 cm³/mol. The van der Waals surface area contributed by atoms with Crippen LogP contribution in [0, 0.1) is 5.92 Å². The SMILES string of the molecule is COC(=O)[C@H]1C(=O)[C@@]2(O)c3ncc(Cl)cc3O[C@@]2(c2ccc(OC(F)(F)F)cc2)[C@@H]1c1ccccc1. The number of alkyl halides is 3. The minimum Gasteiger partial charge on any atom is -0.476 e. The van der Waals surface area contributed by atoms with Gasteiger partial charge in [-0.1, -0.05) is 54.1 Å². The van der Waals surface area contributed by atoms with E-state index >= 15 is 0 Å². The molecule has 0 saturated heterocycles. The van der Waals surface area contributed by atoms with Gasteiger partial charge in [-0.05, 0) is 17.7 Å². The molecule has 1 aromatic heterocycles. The lowest BCUT2D eigenvalue weighted by Gasteiger charge is -2.39. The Morgan fingerprint density at radius 1 is 1.14 bits per heavy atom. The van der Waals surface area contributed by atoms with Crippen LogP contribution < -0.4 is 9.47 Å². The van der Waals surface area contributed by atoms with Crippen LogP contribution in [0.2, 0.25) is 5.02 Å². The summed E-state index contributed by atoms with van der Waals surface area (Å²) in [6.07, 6.45) is -3.71. The van der Waals surface area contributed by atoms with Gasteiger partial charge in [0.25, 0.3) is 0 Å². The first-order valence-corrected chi connectivity index (χ1v) is 11.0. The number of pyridine rings is 1. The highest BCUT2D eigenvalue weighted by molar-refractivity contribution is 6.30. The van der Waals surface area contributed by atoms with Crippen molar-refractivity contribution in [2.24, 2.45) is 5.92 Å². The zero-order valence-corrected chi connectivity index (χ0v) is 19.2. The van der Waals surface area contributed by atoms with Gasteiger partial charge >= 0.3 is 12.3 Å². The third kappa shape index (κ3) is 3.35. The van der Waals surface area contributed by atoms with Crippen LogP contribution in [0.5, 0.6) is 11.5 Å². The second-order valence-corrected chi connectivity index (χ2v) is 8.81. The number of ketones is 1. The summed E-state index contributed by atoms with van der Waals surface area (Å²) in [4.78, 5) is 31.0. The standard InChI is InChI=1S/C25H17ClF3NO6/c1-34-22(32)18-19(13-5-3-2-4-6-13)24(14-7-9-16(10-8-14)35-25(27,28)29)23(33,21(18)31)20-17(36-24)11-15(26)12-30-20/h2-12,18-19,33H,1H3/t18-,19-,23+,24+/m1/s1. The maximum Gasteiger partial charge on any atom is 0.573 e. The number of carbonyl (C=O) groups is 2. The molecule has 0 unspecified atom stereocenters. The third-order valence-corrected chi connectivity index (χ3v) is 6.72. The Morgan fingerprint density at radius 2 is 1.81 bits per heavy atom. The third-order valence-electron chi connectivity index (χ3n) is 6.51. The Morgan fingerprint density at radius 3 is 2.42 bits per heavy atom. The number of carbonyl (C=O) groups excluding carboxylic acids is 2. The number of rotatable bonds is 4. The first-order chi connectivity index (χ1) is 17.0.